The van der Waals surface area contributed by atoms with Crippen LogP contribution in [-0.2, 0) is 18.9 Å². The molecular formula is C12H13N3O4S. The minimum atomic E-state index is -0.971. The Balaban J connectivity index is 2.79. The van der Waals surface area contributed by atoms with Gasteiger partial charge in [-0.15, -0.1) is 11.8 Å². The fraction of sp³-hybridized carbons (Fsp3) is 0.333. The van der Waals surface area contributed by atoms with Crippen molar-refractivity contribution in [2.75, 3.05) is 0 Å². The monoisotopic (exact) mass is 295 g/mol. The van der Waals surface area contributed by atoms with Crippen LogP contribution in [0.5, 0.6) is 0 Å². The van der Waals surface area contributed by atoms with Crippen LogP contribution < -0.4 is 11.2 Å². The van der Waals surface area contributed by atoms with E-state index in [0.717, 1.165) is 16.3 Å². The molecule has 0 aliphatic carbocycles. The lowest BCUT2D eigenvalue weighted by atomic mass is 10.3. The molecule has 1 atom stereocenters. The van der Waals surface area contributed by atoms with Crippen LogP contribution in [0.25, 0.3) is 11.0 Å². The Morgan fingerprint density at radius 1 is 1.35 bits per heavy atom. The van der Waals surface area contributed by atoms with Gasteiger partial charge in [0.2, 0.25) is 0 Å². The zero-order valence-corrected chi connectivity index (χ0v) is 12.0. The highest BCUT2D eigenvalue weighted by Crippen LogP contribution is 2.27. The van der Waals surface area contributed by atoms with Crippen LogP contribution in [0.4, 0.5) is 0 Å². The molecule has 2 aromatic heterocycles. The summed E-state index contributed by atoms with van der Waals surface area (Å²) in [6.07, 6.45) is 1.46. The molecule has 1 unspecified atom stereocenters. The van der Waals surface area contributed by atoms with Crippen molar-refractivity contribution >= 4 is 28.8 Å². The molecule has 0 amide bonds. The molecule has 106 valence electrons. The number of carboxylic acid groups (broad SMARTS) is 1. The van der Waals surface area contributed by atoms with E-state index in [1.54, 1.807) is 6.07 Å². The lowest BCUT2D eigenvalue weighted by Crippen LogP contribution is -2.37. The van der Waals surface area contributed by atoms with Crippen molar-refractivity contribution < 1.29 is 9.90 Å². The molecule has 0 fully saturated rings. The summed E-state index contributed by atoms with van der Waals surface area (Å²) < 4.78 is 2.26. The molecule has 0 aliphatic heterocycles. The third-order valence-electron chi connectivity index (χ3n) is 2.95. The van der Waals surface area contributed by atoms with Gasteiger partial charge in [0.15, 0.2) is 0 Å². The van der Waals surface area contributed by atoms with E-state index in [2.05, 4.69) is 4.98 Å². The minimum Gasteiger partial charge on any atom is -0.480 e. The second-order valence-electron chi connectivity index (χ2n) is 4.31. The number of rotatable bonds is 3. The van der Waals surface area contributed by atoms with Gasteiger partial charge < -0.3 is 5.11 Å². The van der Waals surface area contributed by atoms with E-state index in [4.69, 9.17) is 5.11 Å². The van der Waals surface area contributed by atoms with Crippen LogP contribution >= 0.6 is 11.8 Å². The molecule has 0 aromatic carbocycles. The molecule has 2 aromatic rings. The second-order valence-corrected chi connectivity index (χ2v) is 5.69. The van der Waals surface area contributed by atoms with Gasteiger partial charge in [0.25, 0.3) is 5.56 Å². The highest BCUT2D eigenvalue weighted by atomic mass is 32.2. The number of hydrogen-bond donors (Lipinski definition) is 1. The number of nitrogens with zero attached hydrogens (tertiary/aromatic N) is 3. The Morgan fingerprint density at radius 3 is 2.60 bits per heavy atom. The molecule has 0 saturated carbocycles. The van der Waals surface area contributed by atoms with Gasteiger partial charge >= 0.3 is 11.7 Å². The number of aryl methyl sites for hydroxylation is 1. The van der Waals surface area contributed by atoms with Crippen molar-refractivity contribution in [1.82, 2.24) is 14.1 Å². The molecule has 8 heteroatoms. The number of fused-ring (bicyclic) bond motifs is 1. The Hall–Kier alpha value is -2.09. The van der Waals surface area contributed by atoms with E-state index in [0.29, 0.717) is 4.90 Å². The third kappa shape index (κ3) is 2.22. The molecule has 2 rings (SSSR count). The van der Waals surface area contributed by atoms with Gasteiger partial charge in [-0.25, -0.2) is 9.78 Å². The van der Waals surface area contributed by atoms with E-state index < -0.39 is 22.5 Å². The predicted molar refractivity (Wildman–Crippen MR) is 75.2 cm³/mol. The first-order chi connectivity index (χ1) is 9.34. The van der Waals surface area contributed by atoms with E-state index in [1.165, 1.54) is 31.8 Å². The van der Waals surface area contributed by atoms with Crippen molar-refractivity contribution in [2.24, 2.45) is 14.1 Å². The molecule has 0 saturated heterocycles. The topological polar surface area (TPSA) is 94.2 Å². The molecule has 0 aliphatic rings. The quantitative estimate of drug-likeness (QED) is 0.813. The van der Waals surface area contributed by atoms with Crippen molar-refractivity contribution in [3.05, 3.63) is 33.1 Å². The summed E-state index contributed by atoms with van der Waals surface area (Å²) in [6, 6.07) is 1.58. The maximum Gasteiger partial charge on any atom is 0.332 e. The molecule has 0 radical (unpaired) electrons. The highest BCUT2D eigenvalue weighted by Gasteiger charge is 2.18. The van der Waals surface area contributed by atoms with Crippen molar-refractivity contribution in [3.8, 4) is 0 Å². The largest absolute Gasteiger partial charge is 0.480 e. The van der Waals surface area contributed by atoms with Gasteiger partial charge in [0.1, 0.15) is 10.9 Å². The maximum absolute atomic E-state index is 12.2. The van der Waals surface area contributed by atoms with Gasteiger partial charge in [-0.3, -0.25) is 18.7 Å². The fourth-order valence-electron chi connectivity index (χ4n) is 1.80. The Kier molecular flexibility index (Phi) is 3.67. The van der Waals surface area contributed by atoms with Crippen LogP contribution in [-0.4, -0.2) is 30.4 Å². The lowest BCUT2D eigenvalue weighted by Gasteiger charge is -2.11. The van der Waals surface area contributed by atoms with Crippen molar-refractivity contribution in [2.45, 2.75) is 17.1 Å². The molecular weight excluding hydrogens is 282 g/mol. The number of carbonyl (C=O) groups is 1. The van der Waals surface area contributed by atoms with Gasteiger partial charge in [-0.1, -0.05) is 0 Å². The lowest BCUT2D eigenvalue weighted by molar-refractivity contribution is -0.136. The third-order valence-corrected chi connectivity index (χ3v) is 4.10. The normalized spacial score (nSPS) is 12.6. The summed E-state index contributed by atoms with van der Waals surface area (Å²) in [7, 11) is 2.90. The van der Waals surface area contributed by atoms with Crippen LogP contribution in [0.15, 0.2) is 26.7 Å². The summed E-state index contributed by atoms with van der Waals surface area (Å²) >= 11 is 1.05. The summed E-state index contributed by atoms with van der Waals surface area (Å²) in [6.45, 7) is 1.53. The summed E-state index contributed by atoms with van der Waals surface area (Å²) in [5.41, 5.74) is -0.694. The zero-order chi connectivity index (χ0) is 15.0. The number of aliphatic carboxylic acids is 1. The van der Waals surface area contributed by atoms with E-state index in [-0.39, 0.29) is 11.0 Å². The average molecular weight is 295 g/mol. The van der Waals surface area contributed by atoms with Crippen LogP contribution in [0.3, 0.4) is 0 Å². The summed E-state index contributed by atoms with van der Waals surface area (Å²) in [5.74, 6) is -0.971. The molecule has 7 nitrogen and oxygen atoms in total. The van der Waals surface area contributed by atoms with Gasteiger partial charge in [-0.05, 0) is 13.0 Å². The van der Waals surface area contributed by atoms with Gasteiger partial charge in [-0.2, -0.15) is 0 Å². The van der Waals surface area contributed by atoms with Crippen molar-refractivity contribution in [1.29, 1.82) is 0 Å². The smallest absolute Gasteiger partial charge is 0.332 e. The van der Waals surface area contributed by atoms with Crippen LogP contribution in [0, 0.1) is 0 Å². The number of carboxylic acids is 1. The first-order valence-electron chi connectivity index (χ1n) is 5.78. The number of aromatic nitrogens is 3. The standard InChI is InChI=1S/C12H13N3O4S/c1-6(11(17)18)20-7-4-5-13-9-8(7)10(16)15(3)12(19)14(9)2/h4-6H,1-3H3,(H,17,18). The molecule has 1 N–H and O–H groups in total. The van der Waals surface area contributed by atoms with Crippen molar-refractivity contribution in [3.63, 3.8) is 0 Å². The Morgan fingerprint density at radius 2 is 2.00 bits per heavy atom. The number of hydrogen-bond acceptors (Lipinski definition) is 5. The fourth-order valence-corrected chi connectivity index (χ4v) is 2.72. The number of thioether (sulfide) groups is 1. The van der Waals surface area contributed by atoms with E-state index in [9.17, 15) is 14.4 Å². The van der Waals surface area contributed by atoms with Gasteiger partial charge in [0.05, 0.1) is 5.39 Å². The van der Waals surface area contributed by atoms with Crippen LogP contribution in [0.1, 0.15) is 6.92 Å². The summed E-state index contributed by atoms with van der Waals surface area (Å²) in [4.78, 5) is 39.5. The zero-order valence-electron chi connectivity index (χ0n) is 11.2. The van der Waals surface area contributed by atoms with Crippen LogP contribution in [0.2, 0.25) is 0 Å². The highest BCUT2D eigenvalue weighted by molar-refractivity contribution is 8.00. The van der Waals surface area contributed by atoms with E-state index >= 15 is 0 Å². The first-order valence-corrected chi connectivity index (χ1v) is 6.66. The maximum atomic E-state index is 12.2. The molecule has 0 bridgehead atoms. The molecule has 0 spiro atoms. The average Bonchev–Trinajstić information content (AvgIpc) is 2.42. The van der Waals surface area contributed by atoms with E-state index in [1.807, 2.05) is 0 Å². The SMILES string of the molecule is CC(Sc1ccnc2c1c(=O)n(C)c(=O)n2C)C(=O)O. The Labute approximate surface area is 117 Å². The molecule has 2 heterocycles. The Bertz CT molecular complexity index is 809. The predicted octanol–water partition coefficient (Wildman–Crippen LogP) is 0.197. The van der Waals surface area contributed by atoms with Gasteiger partial charge in [0, 0.05) is 25.2 Å². The second kappa shape index (κ2) is 5.12. The minimum absolute atomic E-state index is 0.251. The molecule has 20 heavy (non-hydrogen) atoms. The summed E-state index contributed by atoms with van der Waals surface area (Å²) in [5, 5.41) is 8.52. The number of pyridine rings is 1. The first kappa shape index (κ1) is 14.3.